The summed E-state index contributed by atoms with van der Waals surface area (Å²) in [6.45, 7) is 3.83. The van der Waals surface area contributed by atoms with E-state index in [2.05, 4.69) is 17.2 Å². The van der Waals surface area contributed by atoms with Crippen LogP contribution >= 0.6 is 0 Å². The van der Waals surface area contributed by atoms with Gasteiger partial charge in [-0.1, -0.05) is 24.0 Å². The number of hydrogen-bond acceptors (Lipinski definition) is 3. The van der Waals surface area contributed by atoms with Gasteiger partial charge in [0.05, 0.1) is 6.61 Å². The quantitative estimate of drug-likeness (QED) is 0.567. The highest BCUT2D eigenvalue weighted by Crippen LogP contribution is 2.04. The minimum atomic E-state index is 0.0338. The molecule has 1 rings (SSSR count). The Kier molecular flexibility index (Phi) is 8.94. The van der Waals surface area contributed by atoms with Crippen molar-refractivity contribution in [3.05, 3.63) is 35.4 Å². The molecule has 0 fully saturated rings. The molecule has 0 bridgehead atoms. The van der Waals surface area contributed by atoms with Crippen LogP contribution in [-0.2, 0) is 16.1 Å². The van der Waals surface area contributed by atoms with Crippen LogP contribution in [0.2, 0.25) is 0 Å². The summed E-state index contributed by atoms with van der Waals surface area (Å²) >= 11 is 0. The highest BCUT2D eigenvalue weighted by molar-refractivity contribution is 5.75. The van der Waals surface area contributed by atoms with Crippen LogP contribution in [0.3, 0.4) is 0 Å². The van der Waals surface area contributed by atoms with Gasteiger partial charge in [0.2, 0.25) is 5.91 Å². The monoisotopic (exact) mass is 289 g/mol. The Morgan fingerprint density at radius 3 is 3.05 bits per heavy atom. The molecule has 1 amide bonds. The van der Waals surface area contributed by atoms with Crippen molar-refractivity contribution in [3.8, 4) is 11.8 Å². The van der Waals surface area contributed by atoms with E-state index in [1.54, 1.807) is 0 Å². The van der Waals surface area contributed by atoms with Crippen molar-refractivity contribution < 1.29 is 14.6 Å². The smallest absolute Gasteiger partial charge is 0.220 e. The largest absolute Gasteiger partial charge is 0.395 e. The van der Waals surface area contributed by atoms with E-state index < -0.39 is 0 Å². The summed E-state index contributed by atoms with van der Waals surface area (Å²) in [6.07, 6.45) is 1.70. The van der Waals surface area contributed by atoms with Crippen LogP contribution in [0.5, 0.6) is 0 Å². The van der Waals surface area contributed by atoms with E-state index in [0.29, 0.717) is 32.6 Å². The van der Waals surface area contributed by atoms with Gasteiger partial charge in [0.15, 0.2) is 0 Å². The Hall–Kier alpha value is -1.83. The van der Waals surface area contributed by atoms with E-state index in [4.69, 9.17) is 9.84 Å². The van der Waals surface area contributed by atoms with Crippen molar-refractivity contribution in [2.45, 2.75) is 32.7 Å². The molecule has 0 unspecified atom stereocenters. The molecular weight excluding hydrogens is 266 g/mol. The molecule has 114 valence electrons. The fourth-order valence-corrected chi connectivity index (χ4v) is 1.75. The van der Waals surface area contributed by atoms with Gasteiger partial charge in [-0.3, -0.25) is 4.79 Å². The highest BCUT2D eigenvalue weighted by Gasteiger charge is 2.01. The van der Waals surface area contributed by atoms with Gasteiger partial charge in [0.25, 0.3) is 0 Å². The Morgan fingerprint density at radius 1 is 1.43 bits per heavy atom. The zero-order chi connectivity index (χ0) is 15.3. The summed E-state index contributed by atoms with van der Waals surface area (Å²) in [7, 11) is 0. The Balaban J connectivity index is 2.36. The summed E-state index contributed by atoms with van der Waals surface area (Å²) in [4.78, 5) is 11.7. The van der Waals surface area contributed by atoms with Crippen molar-refractivity contribution in [1.29, 1.82) is 0 Å². The van der Waals surface area contributed by atoms with E-state index >= 15 is 0 Å². The first-order chi connectivity index (χ1) is 10.3. The number of rotatable bonds is 8. The van der Waals surface area contributed by atoms with Gasteiger partial charge in [0, 0.05) is 38.2 Å². The molecule has 0 saturated carbocycles. The van der Waals surface area contributed by atoms with Crippen molar-refractivity contribution in [2.24, 2.45) is 0 Å². The lowest BCUT2D eigenvalue weighted by Gasteiger charge is -2.06. The highest BCUT2D eigenvalue weighted by atomic mass is 16.5. The van der Waals surface area contributed by atoms with E-state index in [0.717, 1.165) is 17.5 Å². The van der Waals surface area contributed by atoms with E-state index in [1.807, 2.05) is 31.2 Å². The third-order valence-electron chi connectivity index (χ3n) is 2.78. The first-order valence-corrected chi connectivity index (χ1v) is 7.29. The van der Waals surface area contributed by atoms with Crippen molar-refractivity contribution in [2.75, 3.05) is 19.8 Å². The Labute approximate surface area is 126 Å². The topological polar surface area (TPSA) is 58.6 Å². The maximum absolute atomic E-state index is 11.7. The maximum Gasteiger partial charge on any atom is 0.220 e. The molecule has 21 heavy (non-hydrogen) atoms. The van der Waals surface area contributed by atoms with Gasteiger partial charge in [-0.25, -0.2) is 0 Å². The van der Waals surface area contributed by atoms with E-state index in [-0.39, 0.29) is 12.5 Å². The summed E-state index contributed by atoms with van der Waals surface area (Å²) in [6, 6.07) is 7.74. The molecule has 2 N–H and O–H groups in total. The molecule has 0 aromatic heterocycles. The number of aliphatic hydroxyl groups is 1. The molecule has 1 aromatic rings. The minimum absolute atomic E-state index is 0.0338. The maximum atomic E-state index is 11.7. The second-order valence-electron chi connectivity index (χ2n) is 4.55. The number of aliphatic hydroxyl groups excluding tert-OH is 1. The molecule has 0 saturated heterocycles. The molecule has 4 heteroatoms. The molecule has 1 aromatic carbocycles. The summed E-state index contributed by atoms with van der Waals surface area (Å²) in [5, 5.41) is 11.6. The third-order valence-corrected chi connectivity index (χ3v) is 2.78. The molecule has 0 heterocycles. The number of hydrogen-bond donors (Lipinski definition) is 2. The Morgan fingerprint density at radius 2 is 2.29 bits per heavy atom. The molecule has 0 radical (unpaired) electrons. The lowest BCUT2D eigenvalue weighted by Crippen LogP contribution is -2.22. The standard InChI is InChI=1S/C17H23NO3/c1-2-21-12-6-10-17(20)18-14-16-9-5-8-15(13-16)7-3-4-11-19/h5,8-9,13,19H,2,4,6,10-12,14H2,1H3,(H,18,20). The van der Waals surface area contributed by atoms with Crippen LogP contribution < -0.4 is 5.32 Å². The van der Waals surface area contributed by atoms with Gasteiger partial charge in [-0.15, -0.1) is 0 Å². The number of nitrogens with one attached hydrogen (secondary N) is 1. The first kappa shape index (κ1) is 17.2. The van der Waals surface area contributed by atoms with Gasteiger partial charge < -0.3 is 15.2 Å². The summed E-state index contributed by atoms with van der Waals surface area (Å²) in [5.74, 6) is 5.90. The molecular formula is C17H23NO3. The van der Waals surface area contributed by atoms with Gasteiger partial charge in [-0.2, -0.15) is 0 Å². The predicted molar refractivity (Wildman–Crippen MR) is 82.6 cm³/mol. The minimum Gasteiger partial charge on any atom is -0.395 e. The predicted octanol–water partition coefficient (Wildman–Crippen LogP) is 1.85. The SMILES string of the molecule is CCOCCCC(=O)NCc1cccc(C#CCCO)c1. The summed E-state index contributed by atoms with van der Waals surface area (Å²) < 4.78 is 5.20. The fraction of sp³-hybridized carbons (Fsp3) is 0.471. The fourth-order valence-electron chi connectivity index (χ4n) is 1.75. The second kappa shape index (κ2) is 10.9. The zero-order valence-corrected chi connectivity index (χ0v) is 12.5. The number of carbonyl (C=O) groups excluding carboxylic acids is 1. The molecule has 4 nitrogen and oxygen atoms in total. The molecule has 0 aliphatic carbocycles. The van der Waals surface area contributed by atoms with E-state index in [1.165, 1.54) is 0 Å². The molecule has 0 aliphatic heterocycles. The van der Waals surface area contributed by atoms with Gasteiger partial charge in [0.1, 0.15) is 0 Å². The number of amides is 1. The Bertz CT molecular complexity index is 488. The second-order valence-corrected chi connectivity index (χ2v) is 4.55. The van der Waals surface area contributed by atoms with E-state index in [9.17, 15) is 4.79 Å². The van der Waals surface area contributed by atoms with Gasteiger partial charge >= 0.3 is 0 Å². The van der Waals surface area contributed by atoms with Crippen LogP contribution in [0.1, 0.15) is 37.3 Å². The zero-order valence-electron chi connectivity index (χ0n) is 12.5. The lowest BCUT2D eigenvalue weighted by molar-refractivity contribution is -0.121. The average Bonchev–Trinajstić information content (AvgIpc) is 2.50. The average molecular weight is 289 g/mol. The summed E-state index contributed by atoms with van der Waals surface area (Å²) in [5.41, 5.74) is 1.91. The number of carbonyl (C=O) groups is 1. The molecule has 0 aliphatic rings. The normalized spacial score (nSPS) is 9.81. The van der Waals surface area contributed by atoms with Crippen LogP contribution in [0.25, 0.3) is 0 Å². The number of ether oxygens (including phenoxy) is 1. The van der Waals surface area contributed by atoms with Crippen LogP contribution in [-0.4, -0.2) is 30.8 Å². The van der Waals surface area contributed by atoms with Crippen molar-refractivity contribution in [1.82, 2.24) is 5.32 Å². The van der Waals surface area contributed by atoms with Crippen molar-refractivity contribution >= 4 is 5.91 Å². The number of benzene rings is 1. The van der Waals surface area contributed by atoms with Crippen LogP contribution in [0.15, 0.2) is 24.3 Å². The third kappa shape index (κ3) is 8.13. The lowest BCUT2D eigenvalue weighted by atomic mass is 10.1. The van der Waals surface area contributed by atoms with Crippen LogP contribution in [0.4, 0.5) is 0 Å². The first-order valence-electron chi connectivity index (χ1n) is 7.29. The molecule has 0 atom stereocenters. The van der Waals surface area contributed by atoms with Crippen LogP contribution in [0, 0.1) is 11.8 Å². The van der Waals surface area contributed by atoms with Gasteiger partial charge in [-0.05, 0) is 31.0 Å². The molecule has 0 spiro atoms. The van der Waals surface area contributed by atoms with Crippen molar-refractivity contribution in [3.63, 3.8) is 0 Å².